The summed E-state index contributed by atoms with van der Waals surface area (Å²) in [5.74, 6) is -1.11. The van der Waals surface area contributed by atoms with Crippen molar-refractivity contribution < 1.29 is 35.9 Å². The molecule has 202 valence electrons. The minimum absolute atomic E-state index is 0.00413. The highest BCUT2D eigenvalue weighted by atomic mass is 32.2. The van der Waals surface area contributed by atoms with Gasteiger partial charge in [-0.1, -0.05) is 12.1 Å². The van der Waals surface area contributed by atoms with Gasteiger partial charge in [0, 0.05) is 26.7 Å². The van der Waals surface area contributed by atoms with Crippen LogP contribution in [0.5, 0.6) is 0 Å². The van der Waals surface area contributed by atoms with E-state index in [1.165, 1.54) is 47.8 Å². The summed E-state index contributed by atoms with van der Waals surface area (Å²) in [4.78, 5) is 25.3. The average molecular weight is 555 g/mol. The van der Waals surface area contributed by atoms with Crippen molar-refractivity contribution in [2.75, 3.05) is 69.0 Å². The molecule has 0 aliphatic carbocycles. The molecule has 1 saturated heterocycles. The van der Waals surface area contributed by atoms with Crippen LogP contribution in [0, 0.1) is 0 Å². The van der Waals surface area contributed by atoms with Crippen LogP contribution in [0.2, 0.25) is 0 Å². The first-order valence-corrected chi connectivity index (χ1v) is 14.6. The molecule has 0 saturated carbocycles. The van der Waals surface area contributed by atoms with Crippen molar-refractivity contribution >= 4 is 43.2 Å². The largest absolute Gasteiger partial charge is 0.383 e. The number of nitrogens with zero attached hydrogens (tertiary/aromatic N) is 2. The van der Waals surface area contributed by atoms with Crippen molar-refractivity contribution in [3.8, 4) is 0 Å². The lowest BCUT2D eigenvalue weighted by molar-refractivity contribution is -0.114. The molecule has 2 aromatic rings. The normalized spacial score (nSPS) is 14.6. The molecular weight excluding hydrogens is 524 g/mol. The predicted molar refractivity (Wildman–Crippen MR) is 137 cm³/mol. The zero-order valence-electron chi connectivity index (χ0n) is 20.5. The Kier molecular flexibility index (Phi) is 9.62. The zero-order chi connectivity index (χ0) is 27.1. The number of ether oxygens (including phenoxy) is 2. The lowest BCUT2D eigenvalue weighted by Crippen LogP contribution is -2.40. The van der Waals surface area contributed by atoms with Crippen LogP contribution >= 0.6 is 0 Å². The highest BCUT2D eigenvalue weighted by molar-refractivity contribution is 7.92. The van der Waals surface area contributed by atoms with Gasteiger partial charge in [0.05, 0.1) is 47.9 Å². The van der Waals surface area contributed by atoms with E-state index in [0.29, 0.717) is 19.8 Å². The molecule has 0 spiro atoms. The molecule has 1 aliphatic heterocycles. The van der Waals surface area contributed by atoms with E-state index in [2.05, 4.69) is 10.6 Å². The first-order chi connectivity index (χ1) is 17.5. The van der Waals surface area contributed by atoms with Crippen LogP contribution < -0.4 is 14.9 Å². The van der Waals surface area contributed by atoms with Gasteiger partial charge in [-0.2, -0.15) is 4.31 Å². The molecule has 0 aromatic heterocycles. The second-order valence-electron chi connectivity index (χ2n) is 8.12. The van der Waals surface area contributed by atoms with Crippen LogP contribution in [0.1, 0.15) is 10.4 Å². The van der Waals surface area contributed by atoms with E-state index in [1.54, 1.807) is 12.1 Å². The van der Waals surface area contributed by atoms with E-state index >= 15 is 0 Å². The highest BCUT2D eigenvalue weighted by Gasteiger charge is 2.27. The molecule has 1 heterocycles. The number of nitrogens with one attached hydrogen (secondary N) is 2. The second kappa shape index (κ2) is 12.5. The molecular formula is C23H30N4O8S2. The molecule has 3 rings (SSSR count). The monoisotopic (exact) mass is 554 g/mol. The van der Waals surface area contributed by atoms with Crippen molar-refractivity contribution in [1.82, 2.24) is 9.62 Å². The van der Waals surface area contributed by atoms with Crippen LogP contribution in [0.15, 0.2) is 53.4 Å². The van der Waals surface area contributed by atoms with Gasteiger partial charge in [0.15, 0.2) is 0 Å². The number of benzene rings is 2. The van der Waals surface area contributed by atoms with Gasteiger partial charge in [0.25, 0.3) is 5.91 Å². The number of carbonyl (C=O) groups excluding carboxylic acids is 2. The van der Waals surface area contributed by atoms with Crippen LogP contribution in [0.3, 0.4) is 0 Å². The number of carbonyl (C=O) groups is 2. The molecule has 14 heteroatoms. The maximum absolute atomic E-state index is 12.9. The molecule has 1 fully saturated rings. The molecule has 0 bridgehead atoms. The molecule has 37 heavy (non-hydrogen) atoms. The van der Waals surface area contributed by atoms with Gasteiger partial charge in [0.2, 0.25) is 26.0 Å². The molecule has 0 unspecified atom stereocenters. The van der Waals surface area contributed by atoms with E-state index in [-0.39, 0.29) is 41.5 Å². The lowest BCUT2D eigenvalue weighted by atomic mass is 10.1. The summed E-state index contributed by atoms with van der Waals surface area (Å²) >= 11 is 0. The van der Waals surface area contributed by atoms with Gasteiger partial charge in [-0.25, -0.2) is 16.8 Å². The maximum atomic E-state index is 12.9. The summed E-state index contributed by atoms with van der Waals surface area (Å²) in [5.41, 5.74) is 0.530. The van der Waals surface area contributed by atoms with Gasteiger partial charge in [-0.3, -0.25) is 13.9 Å². The summed E-state index contributed by atoms with van der Waals surface area (Å²) < 4.78 is 63.0. The molecule has 1 aliphatic rings. The number of amides is 2. The molecule has 0 atom stereocenters. The maximum Gasteiger partial charge on any atom is 0.253 e. The summed E-state index contributed by atoms with van der Waals surface area (Å²) in [6, 6.07) is 11.6. The predicted octanol–water partition coefficient (Wildman–Crippen LogP) is 0.488. The third kappa shape index (κ3) is 7.49. The Morgan fingerprint density at radius 3 is 2.30 bits per heavy atom. The Morgan fingerprint density at radius 2 is 1.68 bits per heavy atom. The Morgan fingerprint density at radius 1 is 1.03 bits per heavy atom. The number of hydrogen-bond donors (Lipinski definition) is 2. The highest BCUT2D eigenvalue weighted by Crippen LogP contribution is 2.23. The average Bonchev–Trinajstić information content (AvgIpc) is 2.87. The Hall–Kier alpha value is -3.04. The zero-order valence-corrected chi connectivity index (χ0v) is 22.2. The fraction of sp³-hybridized carbons (Fsp3) is 0.391. The van der Waals surface area contributed by atoms with E-state index in [4.69, 9.17) is 9.47 Å². The lowest BCUT2D eigenvalue weighted by Gasteiger charge is -2.26. The fourth-order valence-electron chi connectivity index (χ4n) is 3.59. The standard InChI is InChI=1S/C23H30N4O8S2/c1-34-14-11-24-23(29)20-5-3-4-6-21(20)25-22(28)17-27(36(2,30)31)18-7-9-19(10-8-18)37(32,33)26-12-15-35-16-13-26/h3-10H,11-17H2,1-2H3,(H,24,29)(H,25,28). The first kappa shape index (κ1) is 28.5. The van der Waals surface area contributed by atoms with Crippen molar-refractivity contribution in [2.24, 2.45) is 0 Å². The Labute approximate surface area is 216 Å². The van der Waals surface area contributed by atoms with Gasteiger partial charge in [-0.05, 0) is 36.4 Å². The fourth-order valence-corrected chi connectivity index (χ4v) is 5.86. The minimum Gasteiger partial charge on any atom is -0.383 e. The van der Waals surface area contributed by atoms with E-state index in [0.717, 1.165) is 10.6 Å². The molecule has 2 amide bonds. The Bertz CT molecular complexity index is 1310. The van der Waals surface area contributed by atoms with E-state index in [1.807, 2.05) is 0 Å². The second-order valence-corrected chi connectivity index (χ2v) is 12.0. The number of rotatable bonds is 11. The van der Waals surface area contributed by atoms with Crippen molar-refractivity contribution in [2.45, 2.75) is 4.90 Å². The summed E-state index contributed by atoms with van der Waals surface area (Å²) in [7, 11) is -6.17. The van der Waals surface area contributed by atoms with Crippen molar-refractivity contribution in [1.29, 1.82) is 0 Å². The van der Waals surface area contributed by atoms with Crippen molar-refractivity contribution in [3.05, 3.63) is 54.1 Å². The number of para-hydroxylation sites is 1. The van der Waals surface area contributed by atoms with Crippen LogP contribution in [-0.2, 0) is 34.3 Å². The van der Waals surface area contributed by atoms with Crippen LogP contribution in [-0.4, -0.2) is 92.3 Å². The number of hydrogen-bond acceptors (Lipinski definition) is 8. The van der Waals surface area contributed by atoms with Crippen LogP contribution in [0.4, 0.5) is 11.4 Å². The number of morpholine rings is 1. The van der Waals surface area contributed by atoms with Gasteiger partial charge < -0.3 is 20.1 Å². The van der Waals surface area contributed by atoms with Crippen LogP contribution in [0.25, 0.3) is 0 Å². The SMILES string of the molecule is COCCNC(=O)c1ccccc1NC(=O)CN(c1ccc(S(=O)(=O)N2CCOCC2)cc1)S(C)(=O)=O. The third-order valence-electron chi connectivity index (χ3n) is 5.46. The molecule has 0 radical (unpaired) electrons. The summed E-state index contributed by atoms with van der Waals surface area (Å²) in [6.45, 7) is 1.05. The number of sulfonamides is 2. The quantitative estimate of drug-likeness (QED) is 0.381. The third-order valence-corrected chi connectivity index (χ3v) is 8.51. The van der Waals surface area contributed by atoms with E-state index < -0.39 is 38.4 Å². The van der Waals surface area contributed by atoms with Gasteiger partial charge in [-0.15, -0.1) is 0 Å². The molecule has 12 nitrogen and oxygen atoms in total. The number of anilines is 2. The summed E-state index contributed by atoms with van der Waals surface area (Å²) in [6.07, 6.45) is 0.940. The topological polar surface area (TPSA) is 151 Å². The van der Waals surface area contributed by atoms with Crippen molar-refractivity contribution in [3.63, 3.8) is 0 Å². The summed E-state index contributed by atoms with van der Waals surface area (Å²) in [5, 5.41) is 5.25. The van der Waals surface area contributed by atoms with Gasteiger partial charge in [0.1, 0.15) is 6.54 Å². The molecule has 2 aromatic carbocycles. The minimum atomic E-state index is -3.91. The smallest absolute Gasteiger partial charge is 0.253 e. The first-order valence-electron chi connectivity index (χ1n) is 11.4. The Balaban J connectivity index is 1.76. The number of methoxy groups -OCH3 is 1. The molecule has 2 N–H and O–H groups in total. The van der Waals surface area contributed by atoms with E-state index in [9.17, 15) is 26.4 Å². The van der Waals surface area contributed by atoms with Gasteiger partial charge >= 0.3 is 0 Å².